The SMILES string of the molecule is CN=CC(=CN)c1nc2ncc(-n3ccc4ncnc(OC)c43)cc2n1Cc1cccc(F)c1. The number of nitrogens with zero attached hydrogens (tertiary/aromatic N) is 7. The summed E-state index contributed by atoms with van der Waals surface area (Å²) in [6.07, 6.45) is 8.14. The second kappa shape index (κ2) is 8.74. The average Bonchev–Trinajstić information content (AvgIpc) is 3.44. The maximum Gasteiger partial charge on any atom is 0.241 e. The van der Waals surface area contributed by atoms with E-state index in [2.05, 4.69) is 19.9 Å². The number of methoxy groups -OCH3 is 1. The Labute approximate surface area is 194 Å². The number of allylic oxidation sites excluding steroid dienone is 1. The summed E-state index contributed by atoms with van der Waals surface area (Å²) >= 11 is 0. The Morgan fingerprint density at radius 1 is 1.21 bits per heavy atom. The van der Waals surface area contributed by atoms with Crippen LogP contribution in [-0.2, 0) is 6.54 Å². The molecule has 5 rings (SSSR count). The number of benzene rings is 1. The number of aliphatic imine (C=N–C) groups is 1. The lowest BCUT2D eigenvalue weighted by Gasteiger charge is -2.11. The number of aromatic nitrogens is 6. The molecule has 0 aliphatic carbocycles. The van der Waals surface area contributed by atoms with Gasteiger partial charge in [-0.15, -0.1) is 0 Å². The second-order valence-electron chi connectivity index (χ2n) is 7.50. The lowest BCUT2D eigenvalue weighted by atomic mass is 10.2. The average molecular weight is 456 g/mol. The summed E-state index contributed by atoms with van der Waals surface area (Å²) in [6, 6.07) is 10.3. The number of pyridine rings is 1. The van der Waals surface area contributed by atoms with E-state index in [0.29, 0.717) is 29.5 Å². The number of rotatable bonds is 6. The van der Waals surface area contributed by atoms with Gasteiger partial charge in [-0.3, -0.25) is 4.99 Å². The Kier molecular flexibility index (Phi) is 5.46. The summed E-state index contributed by atoms with van der Waals surface area (Å²) in [6.45, 7) is 0.364. The van der Waals surface area contributed by atoms with Crippen molar-refractivity contribution >= 4 is 34.0 Å². The van der Waals surface area contributed by atoms with Gasteiger partial charge in [0, 0.05) is 32.2 Å². The number of halogens is 1. The highest BCUT2D eigenvalue weighted by atomic mass is 19.1. The van der Waals surface area contributed by atoms with Crippen LogP contribution in [0.1, 0.15) is 11.4 Å². The Morgan fingerprint density at radius 3 is 2.85 bits per heavy atom. The molecule has 4 aromatic heterocycles. The van der Waals surface area contributed by atoms with E-state index in [9.17, 15) is 4.39 Å². The van der Waals surface area contributed by atoms with Crippen molar-refractivity contribution in [3.8, 4) is 11.6 Å². The van der Waals surface area contributed by atoms with Gasteiger partial charge in [0.25, 0.3) is 0 Å². The summed E-state index contributed by atoms with van der Waals surface area (Å²) in [5, 5.41) is 0. The monoisotopic (exact) mass is 456 g/mol. The molecule has 5 aromatic rings. The fourth-order valence-electron chi connectivity index (χ4n) is 3.95. The Morgan fingerprint density at radius 2 is 2.09 bits per heavy atom. The zero-order valence-corrected chi connectivity index (χ0v) is 18.6. The molecule has 2 N–H and O–H groups in total. The van der Waals surface area contributed by atoms with Crippen molar-refractivity contribution in [3.63, 3.8) is 0 Å². The summed E-state index contributed by atoms with van der Waals surface area (Å²) in [7, 11) is 3.23. The fourth-order valence-corrected chi connectivity index (χ4v) is 3.95. The molecule has 0 saturated carbocycles. The lowest BCUT2D eigenvalue weighted by molar-refractivity contribution is 0.401. The topological polar surface area (TPSA) is 109 Å². The molecule has 9 nitrogen and oxygen atoms in total. The zero-order valence-electron chi connectivity index (χ0n) is 18.6. The van der Waals surface area contributed by atoms with Gasteiger partial charge in [-0.2, -0.15) is 4.98 Å². The van der Waals surface area contributed by atoms with Crippen molar-refractivity contribution in [2.45, 2.75) is 6.54 Å². The maximum atomic E-state index is 13.9. The van der Waals surface area contributed by atoms with Gasteiger partial charge in [-0.05, 0) is 29.8 Å². The molecule has 0 radical (unpaired) electrons. The van der Waals surface area contributed by atoms with Crippen molar-refractivity contribution in [2.75, 3.05) is 14.2 Å². The van der Waals surface area contributed by atoms with Crippen LogP contribution in [0.15, 0.2) is 66.3 Å². The van der Waals surface area contributed by atoms with Crippen molar-refractivity contribution in [1.29, 1.82) is 0 Å². The third-order valence-electron chi connectivity index (χ3n) is 5.44. The summed E-state index contributed by atoms with van der Waals surface area (Å²) < 4.78 is 23.2. The van der Waals surface area contributed by atoms with Gasteiger partial charge in [0.2, 0.25) is 5.88 Å². The summed E-state index contributed by atoms with van der Waals surface area (Å²) in [4.78, 5) is 21.9. The van der Waals surface area contributed by atoms with Crippen LogP contribution in [-0.4, -0.2) is 49.4 Å². The van der Waals surface area contributed by atoms with Crippen LogP contribution >= 0.6 is 0 Å². The third-order valence-corrected chi connectivity index (χ3v) is 5.44. The van der Waals surface area contributed by atoms with Crippen LogP contribution in [0.2, 0.25) is 0 Å². The molecule has 0 bridgehead atoms. The predicted octanol–water partition coefficient (Wildman–Crippen LogP) is 3.36. The molecule has 0 atom stereocenters. The van der Waals surface area contributed by atoms with E-state index >= 15 is 0 Å². The molecule has 0 spiro atoms. The molecule has 0 fully saturated rings. The Balaban J connectivity index is 1.73. The normalized spacial score (nSPS) is 12.3. The van der Waals surface area contributed by atoms with Gasteiger partial charge >= 0.3 is 0 Å². The van der Waals surface area contributed by atoms with Crippen LogP contribution in [0, 0.1) is 5.82 Å². The highest BCUT2D eigenvalue weighted by Gasteiger charge is 2.18. The number of hydrogen-bond donors (Lipinski definition) is 1. The molecule has 170 valence electrons. The number of fused-ring (bicyclic) bond motifs is 2. The van der Waals surface area contributed by atoms with Gasteiger partial charge in [0.15, 0.2) is 5.65 Å². The predicted molar refractivity (Wildman–Crippen MR) is 129 cm³/mol. The molecule has 4 heterocycles. The van der Waals surface area contributed by atoms with Crippen molar-refractivity contribution < 1.29 is 9.13 Å². The molecule has 0 aliphatic heterocycles. The zero-order chi connectivity index (χ0) is 23.7. The quantitative estimate of drug-likeness (QED) is 0.393. The lowest BCUT2D eigenvalue weighted by Crippen LogP contribution is -2.07. The first-order chi connectivity index (χ1) is 16.6. The third kappa shape index (κ3) is 3.64. The highest BCUT2D eigenvalue weighted by molar-refractivity contribution is 6.09. The molecule has 1 aromatic carbocycles. The summed E-state index contributed by atoms with van der Waals surface area (Å²) in [5.74, 6) is 0.727. The molecule has 0 amide bonds. The van der Waals surface area contributed by atoms with Crippen LogP contribution in [0.5, 0.6) is 5.88 Å². The van der Waals surface area contributed by atoms with Gasteiger partial charge in [-0.25, -0.2) is 19.3 Å². The minimum Gasteiger partial charge on any atom is -0.479 e. The van der Waals surface area contributed by atoms with E-state index in [4.69, 9.17) is 15.5 Å². The van der Waals surface area contributed by atoms with Crippen molar-refractivity contribution in [2.24, 2.45) is 10.7 Å². The Bertz CT molecular complexity index is 1570. The van der Waals surface area contributed by atoms with E-state index in [1.807, 2.05) is 33.5 Å². The molecule has 0 saturated heterocycles. The van der Waals surface area contributed by atoms with Gasteiger partial charge in [-0.1, -0.05) is 12.1 Å². The molecule has 0 unspecified atom stereocenters. The Hall–Kier alpha value is -4.60. The van der Waals surface area contributed by atoms with E-state index in [1.165, 1.54) is 24.7 Å². The van der Waals surface area contributed by atoms with E-state index in [1.54, 1.807) is 32.6 Å². The first kappa shape index (κ1) is 21.3. The molecule has 34 heavy (non-hydrogen) atoms. The largest absolute Gasteiger partial charge is 0.479 e. The van der Waals surface area contributed by atoms with E-state index in [0.717, 1.165) is 27.8 Å². The van der Waals surface area contributed by atoms with E-state index in [-0.39, 0.29) is 5.82 Å². The maximum absolute atomic E-state index is 13.9. The van der Waals surface area contributed by atoms with Gasteiger partial charge in [0.1, 0.15) is 23.5 Å². The fraction of sp³-hybridized carbons (Fsp3) is 0.125. The van der Waals surface area contributed by atoms with Crippen molar-refractivity contribution in [3.05, 3.63) is 78.5 Å². The van der Waals surface area contributed by atoms with Gasteiger partial charge < -0.3 is 19.6 Å². The van der Waals surface area contributed by atoms with Crippen LogP contribution < -0.4 is 10.5 Å². The minimum atomic E-state index is -0.307. The second-order valence-corrected chi connectivity index (χ2v) is 7.50. The molecule has 10 heteroatoms. The standard InChI is InChI=1S/C24H21FN8O/c1-27-11-16(10-26)23-31-22-20(33(23)13-15-4-3-5-17(25)8-15)9-18(12-28-22)32-7-6-19-21(32)24(34-2)30-14-29-19/h3-12,14H,13,26H2,1-2H3. The molecular formula is C24H21FN8O. The van der Waals surface area contributed by atoms with E-state index < -0.39 is 0 Å². The minimum absolute atomic E-state index is 0.307. The molecular weight excluding hydrogens is 435 g/mol. The van der Waals surface area contributed by atoms with Crippen molar-refractivity contribution in [1.82, 2.24) is 29.1 Å². The van der Waals surface area contributed by atoms with Crippen LogP contribution in [0.25, 0.3) is 33.5 Å². The van der Waals surface area contributed by atoms with Crippen LogP contribution in [0.3, 0.4) is 0 Å². The smallest absolute Gasteiger partial charge is 0.241 e. The van der Waals surface area contributed by atoms with Gasteiger partial charge in [0.05, 0.1) is 35.6 Å². The first-order valence-electron chi connectivity index (χ1n) is 10.4. The number of ether oxygens (including phenoxy) is 1. The first-order valence-corrected chi connectivity index (χ1v) is 10.4. The highest BCUT2D eigenvalue weighted by Crippen LogP contribution is 2.28. The summed E-state index contributed by atoms with van der Waals surface area (Å²) in [5.41, 5.74) is 10.8. The molecule has 0 aliphatic rings. The number of imidazole rings is 1. The number of nitrogens with two attached hydrogens (primary N) is 1. The number of hydrogen-bond acceptors (Lipinski definition) is 7. The van der Waals surface area contributed by atoms with Crippen LogP contribution in [0.4, 0.5) is 4.39 Å².